The molecular formula is C34H42O19. The zero-order chi connectivity index (χ0) is 39.6. The lowest BCUT2D eigenvalue weighted by Gasteiger charge is -2.45. The van der Waals surface area contributed by atoms with Crippen LogP contribution in [-0.2, 0) is 85.7 Å². The topological polar surface area (TPSA) is 238 Å². The Morgan fingerprint density at radius 3 is 1.55 bits per heavy atom. The predicted octanol–water partition coefficient (Wildman–Crippen LogP) is 0.947. The van der Waals surface area contributed by atoms with Gasteiger partial charge in [0.1, 0.15) is 30.7 Å². The Labute approximate surface area is 303 Å². The molecule has 53 heavy (non-hydrogen) atoms. The molecule has 2 saturated heterocycles. The highest BCUT2D eigenvalue weighted by Gasteiger charge is 2.55. The van der Waals surface area contributed by atoms with Crippen LogP contribution in [-0.4, -0.2) is 117 Å². The number of benzene rings is 1. The molecule has 0 aromatic heterocycles. The van der Waals surface area contributed by atoms with Crippen molar-refractivity contribution in [3.05, 3.63) is 29.8 Å². The molecule has 0 radical (unpaired) electrons. The molecule has 1 aromatic rings. The van der Waals surface area contributed by atoms with E-state index in [1.807, 2.05) is 0 Å². The molecule has 19 nitrogen and oxygen atoms in total. The Bertz CT molecular complexity index is 1540. The van der Waals surface area contributed by atoms with Crippen LogP contribution in [0.2, 0.25) is 0 Å². The first-order valence-electron chi connectivity index (χ1n) is 16.2. The van der Waals surface area contributed by atoms with Crippen LogP contribution in [0, 0.1) is 0 Å². The second-order valence-electron chi connectivity index (χ2n) is 11.9. The van der Waals surface area contributed by atoms with Crippen molar-refractivity contribution in [3.63, 3.8) is 0 Å². The average Bonchev–Trinajstić information content (AvgIpc) is 3.04. The van der Waals surface area contributed by atoms with Gasteiger partial charge in [0.25, 0.3) is 0 Å². The Morgan fingerprint density at radius 2 is 1.04 bits per heavy atom. The highest BCUT2D eigenvalue weighted by Crippen LogP contribution is 2.40. The number of rotatable bonds is 13. The van der Waals surface area contributed by atoms with E-state index in [1.54, 1.807) is 0 Å². The number of hydrogen-bond donors (Lipinski definition) is 0. The van der Waals surface area contributed by atoms with E-state index in [1.165, 1.54) is 24.3 Å². The maximum Gasteiger partial charge on any atom is 0.308 e. The first-order chi connectivity index (χ1) is 24.9. The highest BCUT2D eigenvalue weighted by atomic mass is 16.7. The quantitative estimate of drug-likeness (QED) is 0.201. The molecule has 10 atom stereocenters. The van der Waals surface area contributed by atoms with Crippen LogP contribution in [0.5, 0.6) is 5.75 Å². The first-order valence-corrected chi connectivity index (χ1v) is 16.2. The summed E-state index contributed by atoms with van der Waals surface area (Å²) < 4.78 is 61.1. The molecule has 3 rings (SSSR count). The standard InChI is InChI=1S/C34H42O19/c1-15(35)44-14-25-29(46-17(3)37)32(49-20(6)40)33(50-21(7)41)34(53-25)51-23-11-9-10-22(12-23)27-30(47-18(4)38)31(48-19(5)39)28(45-16(2)36)24(52-27)13-26(42)43-8/h9-12,24-25,27-34H,13-14H2,1-8H3/t24-,25-,27-,28-,29-,30-,31-,32-,33-,34+/m1/s1. The minimum Gasteiger partial charge on any atom is -0.469 e. The van der Waals surface area contributed by atoms with Gasteiger partial charge in [-0.2, -0.15) is 0 Å². The monoisotopic (exact) mass is 754 g/mol. The third kappa shape index (κ3) is 12.1. The molecule has 2 aliphatic rings. The van der Waals surface area contributed by atoms with E-state index in [-0.39, 0.29) is 11.3 Å². The zero-order valence-corrected chi connectivity index (χ0v) is 30.3. The lowest BCUT2D eigenvalue weighted by Crippen LogP contribution is -2.63. The lowest BCUT2D eigenvalue weighted by atomic mass is 9.89. The molecular weight excluding hydrogens is 712 g/mol. The SMILES string of the molecule is COC(=O)C[C@H]1O[C@H](c2cccc(O[C@H]3O[C@H](COC(C)=O)[C@@H](OC(C)=O)[C@@H](OC(C)=O)[C@H]3OC(C)=O)c2)[C@@H](OC(C)=O)[C@H](OC(C)=O)[C@@H]1OC(C)=O. The molecule has 0 aliphatic carbocycles. The molecule has 0 saturated carbocycles. The largest absolute Gasteiger partial charge is 0.469 e. The minimum absolute atomic E-state index is 0.00996. The summed E-state index contributed by atoms with van der Waals surface area (Å²) in [7, 11) is 1.13. The van der Waals surface area contributed by atoms with Gasteiger partial charge in [-0.05, 0) is 17.7 Å². The maximum atomic E-state index is 12.4. The molecule has 292 valence electrons. The van der Waals surface area contributed by atoms with Crippen LogP contribution in [0.1, 0.15) is 66.6 Å². The number of esters is 8. The second-order valence-corrected chi connectivity index (χ2v) is 11.9. The van der Waals surface area contributed by atoms with Crippen molar-refractivity contribution in [2.75, 3.05) is 13.7 Å². The summed E-state index contributed by atoms with van der Waals surface area (Å²) in [6.07, 6.45) is -14.8. The lowest BCUT2D eigenvalue weighted by molar-refractivity contribution is -0.288. The maximum absolute atomic E-state index is 12.4. The van der Waals surface area contributed by atoms with Crippen molar-refractivity contribution < 1.29 is 90.5 Å². The molecule has 0 spiro atoms. The third-order valence-corrected chi connectivity index (χ3v) is 7.52. The molecule has 2 heterocycles. The molecule has 1 aromatic carbocycles. The molecule has 2 aliphatic heterocycles. The third-order valence-electron chi connectivity index (χ3n) is 7.52. The van der Waals surface area contributed by atoms with Gasteiger partial charge < -0.3 is 52.1 Å². The van der Waals surface area contributed by atoms with Crippen molar-refractivity contribution in [1.82, 2.24) is 0 Å². The van der Waals surface area contributed by atoms with Crippen molar-refractivity contribution in [2.24, 2.45) is 0 Å². The van der Waals surface area contributed by atoms with Gasteiger partial charge in [-0.1, -0.05) is 12.1 Å². The Hall–Kier alpha value is -5.30. The van der Waals surface area contributed by atoms with Crippen LogP contribution in [0.15, 0.2) is 24.3 Å². The van der Waals surface area contributed by atoms with Crippen LogP contribution < -0.4 is 4.74 Å². The molecule has 2 fully saturated rings. The van der Waals surface area contributed by atoms with Gasteiger partial charge in [0, 0.05) is 48.5 Å². The van der Waals surface area contributed by atoms with Crippen LogP contribution in [0.3, 0.4) is 0 Å². The molecule has 0 bridgehead atoms. The Balaban J connectivity index is 2.12. The van der Waals surface area contributed by atoms with E-state index in [4.69, 9.17) is 52.1 Å². The van der Waals surface area contributed by atoms with Gasteiger partial charge in [-0.15, -0.1) is 0 Å². The van der Waals surface area contributed by atoms with Crippen molar-refractivity contribution in [2.45, 2.75) is 116 Å². The molecule has 0 amide bonds. The molecule has 0 N–H and O–H groups in total. The van der Waals surface area contributed by atoms with E-state index >= 15 is 0 Å². The fourth-order valence-corrected chi connectivity index (χ4v) is 5.76. The van der Waals surface area contributed by atoms with E-state index in [0.29, 0.717) is 0 Å². The normalized spacial score (nSPS) is 27.8. The number of carbonyl (C=O) groups is 8. The number of methoxy groups -OCH3 is 1. The first kappa shape index (κ1) is 42.1. The van der Waals surface area contributed by atoms with Crippen molar-refractivity contribution in [3.8, 4) is 5.75 Å². The minimum atomic E-state index is -1.60. The highest BCUT2D eigenvalue weighted by molar-refractivity contribution is 5.71. The fourth-order valence-electron chi connectivity index (χ4n) is 5.76. The summed E-state index contributed by atoms with van der Waals surface area (Å²) in [6.45, 7) is 7.09. The number of carbonyl (C=O) groups excluding carboxylic acids is 8. The molecule has 0 unspecified atom stereocenters. The van der Waals surface area contributed by atoms with E-state index in [0.717, 1.165) is 55.6 Å². The average molecular weight is 755 g/mol. The summed E-state index contributed by atoms with van der Waals surface area (Å²) in [6, 6.07) is 5.84. The van der Waals surface area contributed by atoms with Gasteiger partial charge in [-0.3, -0.25) is 38.4 Å². The molecule has 19 heteroatoms. The van der Waals surface area contributed by atoms with E-state index in [9.17, 15) is 38.4 Å². The van der Waals surface area contributed by atoms with Gasteiger partial charge in [0.15, 0.2) is 30.5 Å². The van der Waals surface area contributed by atoms with E-state index < -0.39 is 122 Å². The van der Waals surface area contributed by atoms with Crippen LogP contribution in [0.25, 0.3) is 0 Å². The van der Waals surface area contributed by atoms with Crippen LogP contribution >= 0.6 is 0 Å². The number of hydrogen-bond acceptors (Lipinski definition) is 19. The summed E-state index contributed by atoms with van der Waals surface area (Å²) in [4.78, 5) is 97.4. The van der Waals surface area contributed by atoms with Gasteiger partial charge >= 0.3 is 47.8 Å². The van der Waals surface area contributed by atoms with Gasteiger partial charge in [0.05, 0.1) is 13.5 Å². The van der Waals surface area contributed by atoms with Crippen LogP contribution in [0.4, 0.5) is 0 Å². The summed E-state index contributed by atoms with van der Waals surface area (Å²) in [5.41, 5.74) is 0.215. The van der Waals surface area contributed by atoms with Gasteiger partial charge in [0.2, 0.25) is 12.4 Å². The smallest absolute Gasteiger partial charge is 0.308 e. The predicted molar refractivity (Wildman–Crippen MR) is 170 cm³/mol. The van der Waals surface area contributed by atoms with Gasteiger partial charge in [-0.25, -0.2) is 0 Å². The second kappa shape index (κ2) is 19.0. The van der Waals surface area contributed by atoms with Crippen molar-refractivity contribution >= 4 is 47.8 Å². The summed E-state index contributed by atoms with van der Waals surface area (Å²) in [5.74, 6) is -6.47. The fraction of sp³-hybridized carbons (Fsp3) is 0.588. The Kier molecular flexibility index (Phi) is 15.1. The summed E-state index contributed by atoms with van der Waals surface area (Å²) >= 11 is 0. The zero-order valence-electron chi connectivity index (χ0n) is 30.3. The Morgan fingerprint density at radius 1 is 0.566 bits per heavy atom. The van der Waals surface area contributed by atoms with Crippen molar-refractivity contribution in [1.29, 1.82) is 0 Å². The summed E-state index contributed by atoms with van der Waals surface area (Å²) in [5, 5.41) is 0. The van der Waals surface area contributed by atoms with E-state index in [2.05, 4.69) is 0 Å². The number of ether oxygens (including phenoxy) is 11.